The molecule has 0 aliphatic carbocycles. The van der Waals surface area contributed by atoms with E-state index in [1.54, 1.807) is 27.7 Å². The average Bonchev–Trinajstić information content (AvgIpc) is 2.84. The molecular weight excluding hydrogens is 514 g/mol. The fourth-order valence-corrected chi connectivity index (χ4v) is 4.29. The first kappa shape index (κ1) is 34.7. The van der Waals surface area contributed by atoms with Gasteiger partial charge in [0.05, 0.1) is 18.9 Å². The lowest BCUT2D eigenvalue weighted by atomic mass is 9.84. The summed E-state index contributed by atoms with van der Waals surface area (Å²) in [7, 11) is 0. The Labute approximate surface area is 238 Å². The Balaban J connectivity index is 2.74. The maximum atomic E-state index is 12.4. The molecule has 0 aliphatic rings. The number of aliphatic carboxylic acids is 2. The Hall–Kier alpha value is -3.36. The zero-order valence-corrected chi connectivity index (χ0v) is 24.5. The Morgan fingerprint density at radius 2 is 1.62 bits per heavy atom. The van der Waals surface area contributed by atoms with E-state index in [9.17, 15) is 24.3 Å². The minimum Gasteiger partial charge on any atom is -0.494 e. The van der Waals surface area contributed by atoms with Crippen LogP contribution in [0.15, 0.2) is 36.4 Å². The molecule has 1 aromatic rings. The molecule has 0 heterocycles. The molecule has 9 heteroatoms. The number of benzene rings is 1. The van der Waals surface area contributed by atoms with Gasteiger partial charge in [0, 0.05) is 18.5 Å². The van der Waals surface area contributed by atoms with Gasteiger partial charge in [-0.15, -0.1) is 0 Å². The van der Waals surface area contributed by atoms with E-state index in [0.717, 1.165) is 31.2 Å². The third-order valence-electron chi connectivity index (χ3n) is 6.26. The SMILES string of the molecule is C=C(C)C(=O)NCCCOc1ccc(CC(CCCCCCC(=O)O)CC(CC(=O)OC(C)(C)C)C(=O)O)cc1. The first-order chi connectivity index (χ1) is 18.8. The number of hydrogen-bond donors (Lipinski definition) is 3. The molecule has 2 unspecified atom stereocenters. The van der Waals surface area contributed by atoms with Crippen LogP contribution in [-0.4, -0.2) is 52.8 Å². The number of unbranched alkanes of at least 4 members (excludes halogenated alkanes) is 3. The molecule has 1 aromatic carbocycles. The summed E-state index contributed by atoms with van der Waals surface area (Å²) in [6.45, 7) is 11.5. The number of hydrogen-bond acceptors (Lipinski definition) is 6. The number of carboxylic acid groups (broad SMARTS) is 2. The van der Waals surface area contributed by atoms with Crippen LogP contribution in [-0.2, 0) is 30.3 Å². The number of carbonyl (C=O) groups excluding carboxylic acids is 2. The molecule has 3 N–H and O–H groups in total. The van der Waals surface area contributed by atoms with Gasteiger partial charge in [-0.2, -0.15) is 0 Å². The predicted octanol–water partition coefficient (Wildman–Crippen LogP) is 5.55. The monoisotopic (exact) mass is 561 g/mol. The lowest BCUT2D eigenvalue weighted by Crippen LogP contribution is -2.28. The third-order valence-corrected chi connectivity index (χ3v) is 6.26. The molecule has 2 atom stereocenters. The fraction of sp³-hybridized carbons (Fsp3) is 0.613. The van der Waals surface area contributed by atoms with E-state index in [-0.39, 0.29) is 24.7 Å². The van der Waals surface area contributed by atoms with Crippen molar-refractivity contribution in [1.29, 1.82) is 0 Å². The van der Waals surface area contributed by atoms with Gasteiger partial charge in [0.25, 0.3) is 0 Å². The zero-order chi connectivity index (χ0) is 30.1. The summed E-state index contributed by atoms with van der Waals surface area (Å²) in [6, 6.07) is 7.67. The number of carbonyl (C=O) groups is 4. The van der Waals surface area contributed by atoms with E-state index < -0.39 is 29.4 Å². The number of amides is 1. The molecule has 0 bridgehead atoms. The van der Waals surface area contributed by atoms with Crippen LogP contribution in [0.25, 0.3) is 0 Å². The van der Waals surface area contributed by atoms with Crippen LogP contribution in [0.1, 0.15) is 91.0 Å². The van der Waals surface area contributed by atoms with E-state index in [1.165, 1.54) is 0 Å². The molecule has 0 radical (unpaired) electrons. The van der Waals surface area contributed by atoms with Crippen molar-refractivity contribution in [3.05, 3.63) is 42.0 Å². The van der Waals surface area contributed by atoms with E-state index >= 15 is 0 Å². The third kappa shape index (κ3) is 16.6. The summed E-state index contributed by atoms with van der Waals surface area (Å²) >= 11 is 0. The number of esters is 1. The second kappa shape index (κ2) is 18.1. The Morgan fingerprint density at radius 1 is 0.975 bits per heavy atom. The van der Waals surface area contributed by atoms with Gasteiger partial charge < -0.3 is 25.0 Å². The van der Waals surface area contributed by atoms with Crippen LogP contribution >= 0.6 is 0 Å². The highest BCUT2D eigenvalue weighted by molar-refractivity contribution is 5.92. The lowest BCUT2D eigenvalue weighted by molar-refractivity contribution is -0.160. The zero-order valence-electron chi connectivity index (χ0n) is 24.5. The highest BCUT2D eigenvalue weighted by Crippen LogP contribution is 2.27. The van der Waals surface area contributed by atoms with Crippen molar-refractivity contribution in [2.75, 3.05) is 13.2 Å². The number of ether oxygens (including phenoxy) is 2. The van der Waals surface area contributed by atoms with Crippen LogP contribution < -0.4 is 10.1 Å². The largest absolute Gasteiger partial charge is 0.494 e. The van der Waals surface area contributed by atoms with E-state index in [0.29, 0.717) is 50.2 Å². The molecule has 0 saturated carbocycles. The van der Waals surface area contributed by atoms with Crippen molar-refractivity contribution in [3.8, 4) is 5.75 Å². The first-order valence-electron chi connectivity index (χ1n) is 14.1. The summed E-state index contributed by atoms with van der Waals surface area (Å²) in [4.78, 5) is 46.6. The fourth-order valence-electron chi connectivity index (χ4n) is 4.29. The molecule has 0 aliphatic heterocycles. The van der Waals surface area contributed by atoms with Crippen LogP contribution in [0.3, 0.4) is 0 Å². The van der Waals surface area contributed by atoms with E-state index in [4.69, 9.17) is 14.6 Å². The van der Waals surface area contributed by atoms with Crippen molar-refractivity contribution < 1.29 is 38.9 Å². The molecule has 9 nitrogen and oxygen atoms in total. The summed E-state index contributed by atoms with van der Waals surface area (Å²) < 4.78 is 11.1. The van der Waals surface area contributed by atoms with Crippen LogP contribution in [0.2, 0.25) is 0 Å². The number of nitrogens with one attached hydrogen (secondary N) is 1. The Bertz CT molecular complexity index is 965. The van der Waals surface area contributed by atoms with Crippen LogP contribution in [0.5, 0.6) is 5.75 Å². The minimum atomic E-state index is -1.01. The van der Waals surface area contributed by atoms with Gasteiger partial charge in [-0.05, 0) is 77.0 Å². The second-order valence-corrected chi connectivity index (χ2v) is 11.4. The molecule has 1 amide bonds. The molecular formula is C31H47NO8. The summed E-state index contributed by atoms with van der Waals surface area (Å²) in [5.74, 6) is -2.61. The van der Waals surface area contributed by atoms with Crippen molar-refractivity contribution in [3.63, 3.8) is 0 Å². The summed E-state index contributed by atoms with van der Waals surface area (Å²) in [6.07, 6.45) is 5.56. The second-order valence-electron chi connectivity index (χ2n) is 11.4. The van der Waals surface area contributed by atoms with Crippen LogP contribution in [0, 0.1) is 11.8 Å². The van der Waals surface area contributed by atoms with Gasteiger partial charge in [0.2, 0.25) is 5.91 Å². The molecule has 0 aromatic heterocycles. The molecule has 40 heavy (non-hydrogen) atoms. The predicted molar refractivity (Wildman–Crippen MR) is 153 cm³/mol. The summed E-state index contributed by atoms with van der Waals surface area (Å²) in [5, 5.41) is 21.4. The number of carboxylic acids is 2. The topological polar surface area (TPSA) is 139 Å². The van der Waals surface area contributed by atoms with Crippen molar-refractivity contribution in [2.24, 2.45) is 11.8 Å². The Morgan fingerprint density at radius 3 is 2.20 bits per heavy atom. The van der Waals surface area contributed by atoms with Gasteiger partial charge in [0.1, 0.15) is 11.4 Å². The van der Waals surface area contributed by atoms with E-state index in [2.05, 4.69) is 11.9 Å². The first-order valence-corrected chi connectivity index (χ1v) is 14.1. The highest BCUT2D eigenvalue weighted by Gasteiger charge is 2.28. The van der Waals surface area contributed by atoms with Gasteiger partial charge in [-0.3, -0.25) is 19.2 Å². The maximum Gasteiger partial charge on any atom is 0.307 e. The molecule has 224 valence electrons. The summed E-state index contributed by atoms with van der Waals surface area (Å²) in [5.41, 5.74) is 0.823. The van der Waals surface area contributed by atoms with Gasteiger partial charge >= 0.3 is 17.9 Å². The van der Waals surface area contributed by atoms with Crippen molar-refractivity contribution in [2.45, 2.75) is 97.5 Å². The van der Waals surface area contributed by atoms with Gasteiger partial charge in [0.15, 0.2) is 0 Å². The Kier molecular flexibility index (Phi) is 15.7. The molecule has 0 spiro atoms. The average molecular weight is 562 g/mol. The van der Waals surface area contributed by atoms with Gasteiger partial charge in [-0.1, -0.05) is 44.4 Å². The number of rotatable bonds is 20. The molecule has 1 rings (SSSR count). The standard InChI is InChI=1S/C31H47NO8/c1-22(2)29(36)32-17-10-18-39-26-15-13-23(14-16-26)19-24(11-8-6-7-9-12-27(33)34)20-25(30(37)38)21-28(35)40-31(3,4)5/h13-16,24-25H,1,6-12,17-21H2,2-5H3,(H,32,36)(H,33,34)(H,37,38). The van der Waals surface area contributed by atoms with E-state index in [1.807, 2.05) is 24.3 Å². The van der Waals surface area contributed by atoms with Crippen molar-refractivity contribution >= 4 is 23.8 Å². The quantitative estimate of drug-likeness (QED) is 0.107. The van der Waals surface area contributed by atoms with Gasteiger partial charge in [-0.25, -0.2) is 0 Å². The maximum absolute atomic E-state index is 12.4. The minimum absolute atomic E-state index is 0.0340. The normalized spacial score (nSPS) is 12.7. The molecule has 0 saturated heterocycles. The smallest absolute Gasteiger partial charge is 0.307 e. The molecule has 0 fully saturated rings. The highest BCUT2D eigenvalue weighted by atomic mass is 16.6. The van der Waals surface area contributed by atoms with Crippen molar-refractivity contribution in [1.82, 2.24) is 5.32 Å². The van der Waals surface area contributed by atoms with Crippen LogP contribution in [0.4, 0.5) is 0 Å². The lowest BCUT2D eigenvalue weighted by Gasteiger charge is -2.24.